The molecule has 0 aromatic heterocycles. The number of carbonyl (C=O) groups excluding carboxylic acids is 4. The van der Waals surface area contributed by atoms with E-state index in [9.17, 15) is 19.2 Å². The fourth-order valence-electron chi connectivity index (χ4n) is 12.4. The largest absolute Gasteiger partial charge is 0.493 e. The van der Waals surface area contributed by atoms with E-state index >= 15 is 0 Å². The average molecular weight is 711 g/mol. The van der Waals surface area contributed by atoms with E-state index in [2.05, 4.69) is 39.1 Å². The van der Waals surface area contributed by atoms with Gasteiger partial charge in [0.05, 0.1) is 6.61 Å². The number of amides is 1. The highest BCUT2D eigenvalue weighted by Crippen LogP contribution is 2.87. The van der Waals surface area contributed by atoms with Crippen LogP contribution in [-0.2, 0) is 28.7 Å². The second kappa shape index (κ2) is 11.8. The molecule has 260 valence electrons. The summed E-state index contributed by atoms with van der Waals surface area (Å²) in [5.41, 5.74) is 0.972. The minimum absolute atomic E-state index is 0.0303. The zero-order valence-electron chi connectivity index (χ0n) is 28.7. The van der Waals surface area contributed by atoms with Crippen LogP contribution in [0.4, 0.5) is 0 Å². The van der Waals surface area contributed by atoms with Gasteiger partial charge in [-0.25, -0.2) is 0 Å². The number of carbonyl (C=O) groups is 4. The molecule has 0 aromatic rings. The van der Waals surface area contributed by atoms with Crippen LogP contribution in [0.15, 0.2) is 23.5 Å². The van der Waals surface area contributed by atoms with Gasteiger partial charge in [-0.2, -0.15) is 0 Å². The van der Waals surface area contributed by atoms with E-state index in [1.54, 1.807) is 6.92 Å². The van der Waals surface area contributed by atoms with Crippen LogP contribution in [0.1, 0.15) is 93.4 Å². The number of alkyl halides is 3. The van der Waals surface area contributed by atoms with Crippen LogP contribution in [0.5, 0.6) is 0 Å². The lowest BCUT2D eigenvalue weighted by Gasteiger charge is -2.61. The second-order valence-electron chi connectivity index (χ2n) is 16.5. The molecule has 6 aliphatic rings. The minimum atomic E-state index is -2.10. The maximum Gasteiger partial charge on any atom is 0.303 e. The third-order valence-corrected chi connectivity index (χ3v) is 15.0. The van der Waals surface area contributed by atoms with Gasteiger partial charge in [0.2, 0.25) is 0 Å². The van der Waals surface area contributed by atoms with Gasteiger partial charge in [-0.1, -0.05) is 75.5 Å². The zero-order chi connectivity index (χ0) is 34.5. The van der Waals surface area contributed by atoms with E-state index in [4.69, 9.17) is 44.3 Å². The number of hydrogen-bond donors (Lipinski definition) is 1. The minimum Gasteiger partial charge on any atom is -0.493 e. The van der Waals surface area contributed by atoms with Crippen molar-refractivity contribution < 1.29 is 28.7 Å². The fourth-order valence-corrected chi connectivity index (χ4v) is 12.6. The van der Waals surface area contributed by atoms with Crippen molar-refractivity contribution in [1.82, 2.24) is 5.32 Å². The standard InChI is InChI=1S/C37H50Cl3NO6/c1-19-17-46-31(25(19)16-41-32(45)37(38,39)40)30(47-23(5)43)22(4)29-24(14-20(2)42)15-34(7)28-9-8-26-21(3)27(44)10-11-35(26)18-36(28,35)13-12-33(29,34)6/h10-11,19,21-22,24,26,28-30H,8-9,12-18H2,1-7H3,(H,41,45)/t19?,21-,22-,24-,26?,28?,29-,30+,33+,34-,35+,36-/m0/s1. The summed E-state index contributed by atoms with van der Waals surface area (Å²) in [7, 11) is 0. The van der Waals surface area contributed by atoms with Gasteiger partial charge in [-0.15, -0.1) is 0 Å². The number of halogens is 3. The molecule has 1 heterocycles. The second-order valence-corrected chi connectivity index (χ2v) is 18.8. The first-order valence-electron chi connectivity index (χ1n) is 17.4. The van der Waals surface area contributed by atoms with Crippen molar-refractivity contribution >= 4 is 58.2 Å². The predicted molar refractivity (Wildman–Crippen MR) is 182 cm³/mol. The van der Waals surface area contributed by atoms with Crippen molar-refractivity contribution in [1.29, 1.82) is 0 Å². The lowest BCUT2D eigenvalue weighted by atomic mass is 9.43. The van der Waals surface area contributed by atoms with Crippen LogP contribution in [0, 0.1) is 63.1 Å². The summed E-state index contributed by atoms with van der Waals surface area (Å²) in [5, 5.41) is 2.72. The van der Waals surface area contributed by atoms with Crippen molar-refractivity contribution in [3.05, 3.63) is 23.5 Å². The molecule has 0 radical (unpaired) electrons. The third kappa shape index (κ3) is 5.25. The molecule has 1 amide bonds. The highest BCUT2D eigenvalue weighted by Gasteiger charge is 2.81. The van der Waals surface area contributed by atoms with Gasteiger partial charge in [0, 0.05) is 37.6 Å². The summed E-state index contributed by atoms with van der Waals surface area (Å²) < 4.78 is 10.3. The molecule has 10 heteroatoms. The molecule has 0 bridgehead atoms. The number of Topliss-reactive ketones (excluding diaryl/α,β-unsaturated/α-hetero) is 1. The van der Waals surface area contributed by atoms with Crippen molar-refractivity contribution in [2.75, 3.05) is 13.2 Å². The molecule has 2 spiro atoms. The Bertz CT molecular complexity index is 1440. The summed E-state index contributed by atoms with van der Waals surface area (Å²) in [4.78, 5) is 50.8. The number of ketones is 2. The highest BCUT2D eigenvalue weighted by molar-refractivity contribution is 6.76. The van der Waals surface area contributed by atoms with Crippen LogP contribution in [0.3, 0.4) is 0 Å². The van der Waals surface area contributed by atoms with Gasteiger partial charge in [0.1, 0.15) is 11.5 Å². The summed E-state index contributed by atoms with van der Waals surface area (Å²) in [6.07, 6.45) is 10.3. The molecule has 4 fully saturated rings. The lowest BCUT2D eigenvalue weighted by Crippen LogP contribution is -2.55. The monoisotopic (exact) mass is 709 g/mol. The van der Waals surface area contributed by atoms with E-state index < -0.39 is 21.8 Å². The van der Waals surface area contributed by atoms with Crippen molar-refractivity contribution in [2.45, 2.75) is 103 Å². The van der Waals surface area contributed by atoms with Crippen molar-refractivity contribution in [2.24, 2.45) is 63.1 Å². The maximum absolute atomic E-state index is 12.9. The van der Waals surface area contributed by atoms with Gasteiger partial charge in [0.15, 0.2) is 11.9 Å². The number of hydrogen-bond acceptors (Lipinski definition) is 6. The van der Waals surface area contributed by atoms with Gasteiger partial charge in [0.25, 0.3) is 9.70 Å². The Morgan fingerprint density at radius 1 is 1.11 bits per heavy atom. The van der Waals surface area contributed by atoms with Crippen LogP contribution in [-0.4, -0.2) is 46.5 Å². The van der Waals surface area contributed by atoms with E-state index in [0.717, 1.165) is 44.1 Å². The number of fused-ring (bicyclic) bond motifs is 2. The molecule has 4 saturated carbocycles. The molecule has 1 N–H and O–H groups in total. The number of rotatable bonds is 8. The highest BCUT2D eigenvalue weighted by atomic mass is 35.6. The number of ether oxygens (including phenoxy) is 2. The molecule has 1 aliphatic heterocycles. The molecule has 47 heavy (non-hydrogen) atoms. The Labute approximate surface area is 294 Å². The first kappa shape index (κ1) is 35.3. The lowest BCUT2D eigenvalue weighted by molar-refractivity contribution is -0.156. The SMILES string of the molecule is CC(=O)C[C@H]1C[C@@]2(C)C3CCC4[C@H](C)C(=O)C=C[C@@]45C[C@@]35CC[C@]2(C)[C@H]1[C@H](C)[C@@H](OC(C)=O)C1=C(CNC(=O)C(Cl)(Cl)Cl)C(C)CO1. The first-order valence-corrected chi connectivity index (χ1v) is 18.6. The van der Waals surface area contributed by atoms with E-state index in [1.807, 2.05) is 13.0 Å². The fraction of sp³-hybridized carbons (Fsp3) is 0.784. The van der Waals surface area contributed by atoms with Crippen LogP contribution in [0.25, 0.3) is 0 Å². The zero-order valence-corrected chi connectivity index (χ0v) is 31.0. The first-order chi connectivity index (χ1) is 21.8. The summed E-state index contributed by atoms with van der Waals surface area (Å²) in [6.45, 7) is 14.8. The summed E-state index contributed by atoms with van der Waals surface area (Å²) in [6, 6.07) is 0. The number of nitrogens with one attached hydrogen (secondary N) is 1. The van der Waals surface area contributed by atoms with E-state index in [0.29, 0.717) is 30.6 Å². The molecule has 7 nitrogen and oxygen atoms in total. The molecule has 6 rings (SSSR count). The van der Waals surface area contributed by atoms with Gasteiger partial charge < -0.3 is 19.6 Å². The van der Waals surface area contributed by atoms with Crippen LogP contribution >= 0.6 is 34.8 Å². The summed E-state index contributed by atoms with van der Waals surface area (Å²) in [5.74, 6) is 0.814. The van der Waals surface area contributed by atoms with Crippen molar-refractivity contribution in [3.8, 4) is 0 Å². The molecule has 0 saturated heterocycles. The Hall–Kier alpha value is -1.57. The molecule has 12 atom stereocenters. The molecule has 5 aliphatic carbocycles. The Morgan fingerprint density at radius 3 is 2.45 bits per heavy atom. The molecule has 3 unspecified atom stereocenters. The number of allylic oxidation sites excluding steroid dienone is 2. The quantitative estimate of drug-likeness (QED) is 0.206. The normalized spacial score (nSPS) is 43.1. The Balaban J connectivity index is 1.37. The third-order valence-electron chi connectivity index (χ3n) is 14.4. The smallest absolute Gasteiger partial charge is 0.303 e. The van der Waals surface area contributed by atoms with E-state index in [1.165, 1.54) is 6.92 Å². The predicted octanol–water partition coefficient (Wildman–Crippen LogP) is 7.56. The van der Waals surface area contributed by atoms with E-state index in [-0.39, 0.29) is 69.4 Å². The topological polar surface area (TPSA) is 98.8 Å². The summed E-state index contributed by atoms with van der Waals surface area (Å²) >= 11 is 17.5. The van der Waals surface area contributed by atoms with Gasteiger partial charge in [-0.3, -0.25) is 14.4 Å². The van der Waals surface area contributed by atoms with Crippen molar-refractivity contribution in [3.63, 3.8) is 0 Å². The van der Waals surface area contributed by atoms with Crippen LogP contribution < -0.4 is 5.32 Å². The molecular formula is C37H50Cl3NO6. The molecular weight excluding hydrogens is 661 g/mol. The van der Waals surface area contributed by atoms with Gasteiger partial charge >= 0.3 is 5.97 Å². The maximum atomic E-state index is 12.9. The van der Waals surface area contributed by atoms with Crippen LogP contribution in [0.2, 0.25) is 0 Å². The Kier molecular flexibility index (Phi) is 8.82. The molecule has 0 aromatic carbocycles. The number of esters is 1. The van der Waals surface area contributed by atoms with Gasteiger partial charge in [-0.05, 0) is 102 Å². The average Bonchev–Trinajstić information content (AvgIpc) is 3.41. The Morgan fingerprint density at radius 2 is 1.81 bits per heavy atom.